The van der Waals surface area contributed by atoms with Crippen LogP contribution in [-0.2, 0) is 11.4 Å². The molecule has 0 spiro atoms. The van der Waals surface area contributed by atoms with Crippen LogP contribution in [0.3, 0.4) is 0 Å². The number of aliphatic hydroxyl groups excluding tert-OH is 1. The van der Waals surface area contributed by atoms with Gasteiger partial charge in [-0.2, -0.15) is 0 Å². The molecule has 0 saturated carbocycles. The second kappa shape index (κ2) is 4.59. The van der Waals surface area contributed by atoms with Crippen LogP contribution in [-0.4, -0.2) is 38.9 Å². The second-order valence-electron chi connectivity index (χ2n) is 2.54. The molecule has 15 heavy (non-hydrogen) atoms. The molecule has 1 amide bonds. The molecule has 0 radical (unpaired) electrons. The Morgan fingerprint density at radius 1 is 1.47 bits per heavy atom. The van der Waals surface area contributed by atoms with Crippen molar-refractivity contribution in [2.45, 2.75) is 6.61 Å². The number of aliphatic carboxylic acids is 1. The zero-order chi connectivity index (χ0) is 11.4. The molecule has 9 nitrogen and oxygen atoms in total. The maximum atomic E-state index is 11.2. The number of nitrogens with zero attached hydrogens (tertiary/aromatic N) is 2. The van der Waals surface area contributed by atoms with Gasteiger partial charge in [-0.05, 0) is 5.16 Å². The number of hydrogen-bond acceptors (Lipinski definition) is 7. The van der Waals surface area contributed by atoms with Crippen molar-refractivity contribution < 1.29 is 29.5 Å². The van der Waals surface area contributed by atoms with E-state index in [0.717, 1.165) is 0 Å². The summed E-state index contributed by atoms with van der Waals surface area (Å²) in [5, 5.41) is 33.1. The third-order valence-corrected chi connectivity index (χ3v) is 1.49. The predicted octanol–water partition coefficient (Wildman–Crippen LogP) is -2.83. The number of amides is 1. The number of aromatic nitrogens is 2. The van der Waals surface area contributed by atoms with Crippen LogP contribution in [0.2, 0.25) is 0 Å². The first kappa shape index (κ1) is 11.2. The molecule has 9 heteroatoms. The number of carboxylic acid groups (broad SMARTS) is 1. The van der Waals surface area contributed by atoms with Gasteiger partial charge in [0, 0.05) is 0 Å². The average molecular weight is 217 g/mol. The van der Waals surface area contributed by atoms with Crippen molar-refractivity contribution in [2.75, 3.05) is 6.54 Å². The Balaban J connectivity index is 2.80. The quantitative estimate of drug-likeness (QED) is 0.458. The first-order chi connectivity index (χ1) is 7.06. The van der Waals surface area contributed by atoms with E-state index in [4.69, 9.17) is 10.2 Å². The second-order valence-corrected chi connectivity index (χ2v) is 2.54. The Hall–Kier alpha value is -1.84. The lowest BCUT2D eigenvalue weighted by molar-refractivity contribution is -0.748. The van der Waals surface area contributed by atoms with Crippen molar-refractivity contribution in [3.05, 3.63) is 16.6 Å². The van der Waals surface area contributed by atoms with Crippen molar-refractivity contribution in [3.8, 4) is 0 Å². The van der Waals surface area contributed by atoms with E-state index in [1.165, 1.54) is 0 Å². The Labute approximate surface area is 82.4 Å². The summed E-state index contributed by atoms with van der Waals surface area (Å²) in [6.07, 6.45) is 0. The van der Waals surface area contributed by atoms with Gasteiger partial charge in [0.2, 0.25) is 5.69 Å². The highest BCUT2D eigenvalue weighted by molar-refractivity contribution is 5.87. The van der Waals surface area contributed by atoms with Gasteiger partial charge in [0.15, 0.2) is 6.54 Å². The van der Waals surface area contributed by atoms with Crippen LogP contribution in [0.4, 0.5) is 0 Å². The largest absolute Gasteiger partial charge is 0.626 e. The topological polar surface area (TPSA) is 141 Å². The van der Waals surface area contributed by atoms with Crippen LogP contribution in [0.1, 0.15) is 16.2 Å². The Morgan fingerprint density at radius 2 is 2.13 bits per heavy atom. The summed E-state index contributed by atoms with van der Waals surface area (Å²) >= 11 is 0. The predicted molar refractivity (Wildman–Crippen MR) is 41.4 cm³/mol. The molecular formula is C6H7N3O6. The Morgan fingerprint density at radius 3 is 2.67 bits per heavy atom. The normalized spacial score (nSPS) is 12.4. The molecule has 1 heterocycles. The number of carboxylic acids is 1. The van der Waals surface area contributed by atoms with E-state index < -0.39 is 35.8 Å². The van der Waals surface area contributed by atoms with E-state index in [1.807, 2.05) is 0 Å². The fraction of sp³-hybridized carbons (Fsp3) is 0.333. The Bertz CT molecular complexity index is 375. The average Bonchev–Trinajstić information content (AvgIpc) is 2.62. The standard InChI is InChI=1S/C6H7N3O6/c10-2-3-5(8-15-7-3)6(13)9(14)1-4(11)12/h9-10H,1-2H2,(H,11,12). The SMILES string of the molecule is O=C(O)C[NH+]([O-])C(=O)c1nonc1CO. The molecule has 82 valence electrons. The van der Waals surface area contributed by atoms with Gasteiger partial charge in [0.05, 0.1) is 6.61 Å². The van der Waals surface area contributed by atoms with Crippen LogP contribution < -0.4 is 5.06 Å². The van der Waals surface area contributed by atoms with Crippen molar-refractivity contribution in [1.29, 1.82) is 0 Å². The monoisotopic (exact) mass is 217 g/mol. The highest BCUT2D eigenvalue weighted by atomic mass is 16.6. The van der Waals surface area contributed by atoms with Gasteiger partial charge >= 0.3 is 11.9 Å². The molecule has 0 saturated heterocycles. The minimum atomic E-state index is -1.42. The van der Waals surface area contributed by atoms with Gasteiger partial charge in [-0.1, -0.05) is 5.16 Å². The maximum absolute atomic E-state index is 11.2. The molecule has 0 aromatic carbocycles. The van der Waals surface area contributed by atoms with Crippen molar-refractivity contribution in [2.24, 2.45) is 0 Å². The zero-order valence-electron chi connectivity index (χ0n) is 7.34. The van der Waals surface area contributed by atoms with Crippen molar-refractivity contribution in [1.82, 2.24) is 10.3 Å². The molecular weight excluding hydrogens is 210 g/mol. The molecule has 0 fully saturated rings. The third kappa shape index (κ3) is 2.56. The number of nitrogens with one attached hydrogen (secondary N) is 1. The fourth-order valence-electron chi connectivity index (χ4n) is 0.832. The Kier molecular flexibility index (Phi) is 3.44. The van der Waals surface area contributed by atoms with Crippen LogP contribution in [0, 0.1) is 5.21 Å². The highest BCUT2D eigenvalue weighted by Gasteiger charge is 2.25. The van der Waals surface area contributed by atoms with Crippen molar-refractivity contribution in [3.63, 3.8) is 0 Å². The number of carbonyl (C=O) groups excluding carboxylic acids is 1. The lowest BCUT2D eigenvalue weighted by atomic mass is 10.3. The lowest BCUT2D eigenvalue weighted by Crippen LogP contribution is -3.11. The van der Waals surface area contributed by atoms with Crippen LogP contribution in [0.5, 0.6) is 0 Å². The molecule has 1 aromatic rings. The fourth-order valence-corrected chi connectivity index (χ4v) is 0.832. The molecule has 0 bridgehead atoms. The number of carbonyl (C=O) groups is 2. The zero-order valence-corrected chi connectivity index (χ0v) is 7.34. The molecule has 1 unspecified atom stereocenters. The minimum Gasteiger partial charge on any atom is -0.626 e. The lowest BCUT2D eigenvalue weighted by Gasteiger charge is -2.15. The molecule has 3 N–H and O–H groups in total. The first-order valence-corrected chi connectivity index (χ1v) is 3.78. The summed E-state index contributed by atoms with van der Waals surface area (Å²) in [4.78, 5) is 21.4. The molecule has 0 aliphatic carbocycles. The van der Waals surface area contributed by atoms with Crippen LogP contribution >= 0.6 is 0 Å². The van der Waals surface area contributed by atoms with E-state index in [2.05, 4.69) is 14.9 Å². The highest BCUT2D eigenvalue weighted by Crippen LogP contribution is 2.00. The molecule has 1 rings (SSSR count). The van der Waals surface area contributed by atoms with Crippen LogP contribution in [0.25, 0.3) is 0 Å². The summed E-state index contributed by atoms with van der Waals surface area (Å²) in [6.45, 7) is -1.55. The summed E-state index contributed by atoms with van der Waals surface area (Å²) in [6, 6.07) is 0. The van der Waals surface area contributed by atoms with E-state index >= 15 is 0 Å². The molecule has 1 atom stereocenters. The van der Waals surface area contributed by atoms with E-state index in [1.54, 1.807) is 0 Å². The summed E-state index contributed by atoms with van der Waals surface area (Å²) in [5.74, 6) is -2.56. The summed E-state index contributed by atoms with van der Waals surface area (Å²) in [5.41, 5.74) is -0.650. The smallest absolute Gasteiger partial charge is 0.368 e. The first-order valence-electron chi connectivity index (χ1n) is 3.78. The van der Waals surface area contributed by atoms with Crippen LogP contribution in [0.15, 0.2) is 4.63 Å². The van der Waals surface area contributed by atoms with Crippen molar-refractivity contribution >= 4 is 11.9 Å². The minimum absolute atomic E-state index is 0.196. The number of aliphatic hydroxyl groups is 1. The summed E-state index contributed by atoms with van der Waals surface area (Å²) in [7, 11) is 0. The molecule has 0 aliphatic heterocycles. The maximum Gasteiger partial charge on any atom is 0.368 e. The van der Waals surface area contributed by atoms with E-state index in [9.17, 15) is 14.8 Å². The number of hydroxylamine groups is 2. The van der Waals surface area contributed by atoms with Gasteiger partial charge < -0.3 is 15.4 Å². The van der Waals surface area contributed by atoms with Gasteiger partial charge in [0.1, 0.15) is 5.69 Å². The number of rotatable bonds is 4. The molecule has 1 aromatic heterocycles. The third-order valence-electron chi connectivity index (χ3n) is 1.49. The number of quaternary nitrogens is 1. The summed E-state index contributed by atoms with van der Waals surface area (Å²) < 4.78 is 4.13. The number of hydrogen-bond donors (Lipinski definition) is 3. The van der Waals surface area contributed by atoms with E-state index in [0.29, 0.717) is 0 Å². The van der Waals surface area contributed by atoms with Gasteiger partial charge in [-0.15, -0.1) is 0 Å². The molecule has 0 aliphatic rings. The van der Waals surface area contributed by atoms with Gasteiger partial charge in [-0.25, -0.2) is 14.2 Å². The van der Waals surface area contributed by atoms with Gasteiger partial charge in [0.25, 0.3) is 0 Å². The van der Waals surface area contributed by atoms with E-state index in [-0.39, 0.29) is 5.69 Å². The van der Waals surface area contributed by atoms with Gasteiger partial charge in [-0.3, -0.25) is 5.06 Å².